The second kappa shape index (κ2) is 8.29. The molecule has 0 atom stereocenters. The molecule has 0 aromatic heterocycles. The van der Waals surface area contributed by atoms with Crippen molar-refractivity contribution in [3.05, 3.63) is 59.7 Å². The first-order chi connectivity index (χ1) is 12.4. The summed E-state index contributed by atoms with van der Waals surface area (Å²) < 4.78 is 4.96. The molecule has 0 aliphatic heterocycles. The van der Waals surface area contributed by atoms with Crippen molar-refractivity contribution in [3.63, 3.8) is 0 Å². The lowest BCUT2D eigenvalue weighted by Gasteiger charge is -2.10. The van der Waals surface area contributed by atoms with Crippen LogP contribution in [0.3, 0.4) is 0 Å². The maximum absolute atomic E-state index is 12.1. The lowest BCUT2D eigenvalue weighted by molar-refractivity contribution is -0.139. The summed E-state index contributed by atoms with van der Waals surface area (Å²) in [5, 5.41) is 20.6. The number of nitrogens with two attached hydrogens (primary N) is 1. The molecular weight excluding hydrogens is 340 g/mol. The van der Waals surface area contributed by atoms with Crippen molar-refractivity contribution in [3.8, 4) is 5.75 Å². The quantitative estimate of drug-likeness (QED) is 0.389. The highest BCUT2D eigenvalue weighted by molar-refractivity contribution is 6.10. The second-order valence-corrected chi connectivity index (χ2v) is 5.07. The minimum atomic E-state index is -1.12. The predicted molar refractivity (Wildman–Crippen MR) is 93.5 cm³/mol. The lowest BCUT2D eigenvalue weighted by atomic mass is 10.1. The van der Waals surface area contributed by atoms with E-state index in [1.807, 2.05) is 0 Å². The number of hydrogen-bond acceptors (Lipinski definition) is 5. The summed E-state index contributed by atoms with van der Waals surface area (Å²) in [6.07, 6.45) is 0. The van der Waals surface area contributed by atoms with Gasteiger partial charge >= 0.3 is 12.0 Å². The largest absolute Gasteiger partial charge is 0.482 e. The number of hydrogen-bond donors (Lipinski definition) is 5. The van der Waals surface area contributed by atoms with Gasteiger partial charge in [0.05, 0.1) is 5.69 Å². The van der Waals surface area contributed by atoms with E-state index in [0.717, 1.165) is 0 Å². The zero-order chi connectivity index (χ0) is 19.1. The zero-order valence-electron chi connectivity index (χ0n) is 13.5. The van der Waals surface area contributed by atoms with Crippen LogP contribution >= 0.6 is 0 Å². The first kappa shape index (κ1) is 18.5. The number of rotatable bonds is 6. The number of urea groups is 1. The Hall–Kier alpha value is -3.88. The van der Waals surface area contributed by atoms with Crippen LogP contribution in [0, 0.1) is 5.41 Å². The molecule has 0 saturated heterocycles. The Morgan fingerprint density at radius 1 is 1.08 bits per heavy atom. The third kappa shape index (κ3) is 5.06. The summed E-state index contributed by atoms with van der Waals surface area (Å²) in [5.74, 6) is -1.71. The molecule has 2 aromatic rings. The van der Waals surface area contributed by atoms with Gasteiger partial charge in [-0.15, -0.1) is 0 Å². The molecular formula is C17H16N4O5. The molecule has 26 heavy (non-hydrogen) atoms. The molecule has 0 bridgehead atoms. The molecule has 134 valence electrons. The Bertz CT molecular complexity index is 848. The third-order valence-corrected chi connectivity index (χ3v) is 3.17. The summed E-state index contributed by atoms with van der Waals surface area (Å²) in [4.78, 5) is 34.5. The summed E-state index contributed by atoms with van der Waals surface area (Å²) >= 11 is 0. The van der Waals surface area contributed by atoms with Gasteiger partial charge < -0.3 is 20.9 Å². The molecule has 2 rings (SSSR count). The van der Waals surface area contributed by atoms with E-state index in [9.17, 15) is 14.4 Å². The number of anilines is 1. The summed E-state index contributed by atoms with van der Waals surface area (Å²) in [7, 11) is 0. The summed E-state index contributed by atoms with van der Waals surface area (Å²) in [6, 6.07) is 11.3. The summed E-state index contributed by atoms with van der Waals surface area (Å²) in [6.45, 7) is -0.497. The first-order valence-electron chi connectivity index (χ1n) is 7.37. The van der Waals surface area contributed by atoms with Crippen LogP contribution in [0.1, 0.15) is 15.9 Å². The normalized spacial score (nSPS) is 9.85. The number of nitrogens with one attached hydrogen (secondary N) is 3. The molecule has 0 radical (unpaired) electrons. The molecule has 0 aliphatic carbocycles. The van der Waals surface area contributed by atoms with Crippen LogP contribution in [-0.4, -0.2) is 35.5 Å². The number of imide groups is 1. The smallest absolute Gasteiger partial charge is 0.341 e. The van der Waals surface area contributed by atoms with E-state index < -0.39 is 24.5 Å². The van der Waals surface area contributed by atoms with Crippen molar-refractivity contribution in [1.82, 2.24) is 5.32 Å². The molecule has 0 fully saturated rings. The van der Waals surface area contributed by atoms with Crippen LogP contribution in [-0.2, 0) is 4.79 Å². The topological polar surface area (TPSA) is 155 Å². The first-order valence-corrected chi connectivity index (χ1v) is 7.37. The van der Waals surface area contributed by atoms with Gasteiger partial charge in [0, 0.05) is 11.1 Å². The maximum atomic E-state index is 12.1. The standard InChI is InChI=1S/C17H16N4O5/c18-15(19)12-3-1-2-4-13(12)20-17(25)21-16(24)10-5-7-11(8-6-10)26-9-14(22)23/h1-8H,9H2,(H3,18,19)(H,22,23)(H2,20,21,24,25). The number of carbonyl (C=O) groups is 3. The highest BCUT2D eigenvalue weighted by Crippen LogP contribution is 2.14. The number of ether oxygens (including phenoxy) is 1. The van der Waals surface area contributed by atoms with Crippen molar-refractivity contribution in [2.75, 3.05) is 11.9 Å². The maximum Gasteiger partial charge on any atom is 0.341 e. The fourth-order valence-electron chi connectivity index (χ4n) is 2.00. The minimum absolute atomic E-state index is 0.183. The predicted octanol–water partition coefficient (Wildman–Crippen LogP) is 1.40. The van der Waals surface area contributed by atoms with Crippen LogP contribution in [0.15, 0.2) is 48.5 Å². The zero-order valence-corrected chi connectivity index (χ0v) is 13.5. The number of amidine groups is 1. The average Bonchev–Trinajstić information content (AvgIpc) is 2.60. The Labute approximate surface area is 148 Å². The second-order valence-electron chi connectivity index (χ2n) is 5.07. The van der Waals surface area contributed by atoms with Gasteiger partial charge in [-0.2, -0.15) is 0 Å². The van der Waals surface area contributed by atoms with Crippen LogP contribution in [0.4, 0.5) is 10.5 Å². The lowest BCUT2D eigenvalue weighted by Crippen LogP contribution is -2.34. The fourth-order valence-corrected chi connectivity index (χ4v) is 2.00. The van der Waals surface area contributed by atoms with Gasteiger partial charge in [-0.1, -0.05) is 12.1 Å². The van der Waals surface area contributed by atoms with Gasteiger partial charge in [-0.05, 0) is 36.4 Å². The van der Waals surface area contributed by atoms with Gasteiger partial charge in [-0.3, -0.25) is 15.5 Å². The highest BCUT2D eigenvalue weighted by atomic mass is 16.5. The summed E-state index contributed by atoms with van der Waals surface area (Å²) in [5.41, 5.74) is 6.24. The van der Waals surface area contributed by atoms with Crippen molar-refractivity contribution in [2.24, 2.45) is 5.73 Å². The van der Waals surface area contributed by atoms with E-state index in [1.165, 1.54) is 24.3 Å². The Morgan fingerprint density at radius 2 is 1.73 bits per heavy atom. The molecule has 0 saturated carbocycles. The number of amides is 3. The number of para-hydroxylation sites is 1. The SMILES string of the molecule is N=C(N)c1ccccc1NC(=O)NC(=O)c1ccc(OCC(=O)O)cc1. The Balaban J connectivity index is 1.98. The number of carboxylic acid groups (broad SMARTS) is 1. The molecule has 0 heterocycles. The average molecular weight is 356 g/mol. The van der Waals surface area contributed by atoms with Crippen molar-refractivity contribution >= 4 is 29.4 Å². The molecule has 0 aliphatic rings. The monoisotopic (exact) mass is 356 g/mol. The van der Waals surface area contributed by atoms with Crippen molar-refractivity contribution in [2.45, 2.75) is 0 Å². The molecule has 0 spiro atoms. The van der Waals surface area contributed by atoms with Crippen LogP contribution in [0.5, 0.6) is 5.75 Å². The van der Waals surface area contributed by atoms with Gasteiger partial charge in [0.15, 0.2) is 6.61 Å². The van der Waals surface area contributed by atoms with Crippen LogP contribution in [0.25, 0.3) is 0 Å². The number of carboxylic acids is 1. The Kier molecular flexibility index (Phi) is 5.88. The number of nitrogen functional groups attached to an aromatic ring is 1. The fraction of sp³-hybridized carbons (Fsp3) is 0.0588. The van der Waals surface area contributed by atoms with E-state index >= 15 is 0 Å². The van der Waals surface area contributed by atoms with E-state index in [1.54, 1.807) is 24.3 Å². The number of aliphatic carboxylic acids is 1. The minimum Gasteiger partial charge on any atom is -0.482 e. The van der Waals surface area contributed by atoms with Gasteiger partial charge in [0.25, 0.3) is 5.91 Å². The van der Waals surface area contributed by atoms with E-state index in [0.29, 0.717) is 11.3 Å². The molecule has 6 N–H and O–H groups in total. The van der Waals surface area contributed by atoms with Gasteiger partial charge in [0.2, 0.25) is 0 Å². The molecule has 3 amide bonds. The van der Waals surface area contributed by atoms with E-state index in [-0.39, 0.29) is 17.1 Å². The van der Waals surface area contributed by atoms with Crippen molar-refractivity contribution in [1.29, 1.82) is 5.41 Å². The highest BCUT2D eigenvalue weighted by Gasteiger charge is 2.13. The van der Waals surface area contributed by atoms with Gasteiger partial charge in [-0.25, -0.2) is 9.59 Å². The third-order valence-electron chi connectivity index (χ3n) is 3.17. The van der Waals surface area contributed by atoms with E-state index in [2.05, 4.69) is 10.6 Å². The van der Waals surface area contributed by atoms with E-state index in [4.69, 9.17) is 21.0 Å². The van der Waals surface area contributed by atoms with Gasteiger partial charge in [0.1, 0.15) is 11.6 Å². The molecule has 2 aromatic carbocycles. The molecule has 9 nitrogen and oxygen atoms in total. The molecule has 0 unspecified atom stereocenters. The number of benzene rings is 2. The Morgan fingerprint density at radius 3 is 2.35 bits per heavy atom. The van der Waals surface area contributed by atoms with Crippen LogP contribution in [0.2, 0.25) is 0 Å². The van der Waals surface area contributed by atoms with Crippen LogP contribution < -0.4 is 21.1 Å². The number of carbonyl (C=O) groups excluding carboxylic acids is 2. The molecule has 9 heteroatoms. The van der Waals surface area contributed by atoms with Crippen molar-refractivity contribution < 1.29 is 24.2 Å².